The Morgan fingerprint density at radius 2 is 1.33 bits per heavy atom. The molecule has 66 valence electrons. The van der Waals surface area contributed by atoms with E-state index in [4.69, 9.17) is 0 Å². The van der Waals surface area contributed by atoms with Crippen molar-refractivity contribution in [2.45, 2.75) is 13.8 Å². The highest BCUT2D eigenvalue weighted by Gasteiger charge is 1.59. The van der Waals surface area contributed by atoms with Crippen LogP contribution >= 0.6 is 11.3 Å². The molecule has 2 rings (SSSR count). The van der Waals surface area contributed by atoms with Crippen LogP contribution in [0.2, 0.25) is 0 Å². The Morgan fingerprint density at radius 3 is 1.50 bits per heavy atom. The Morgan fingerprint density at radius 1 is 0.833 bits per heavy atom. The lowest BCUT2D eigenvalue weighted by Gasteiger charge is -1.50. The topological polar surface area (TPSA) is 13.1 Å². The van der Waals surface area contributed by atoms with Crippen LogP contribution < -0.4 is 0 Å². The summed E-state index contributed by atoms with van der Waals surface area (Å²) in [4.78, 5) is 0. The van der Waals surface area contributed by atoms with Gasteiger partial charge in [0.1, 0.15) is 0 Å². The molecule has 0 saturated heterocycles. The number of hydrogen-bond donors (Lipinski definition) is 0. The van der Waals surface area contributed by atoms with Crippen molar-refractivity contribution in [1.82, 2.24) is 0 Å². The van der Waals surface area contributed by atoms with Crippen LogP contribution in [0.1, 0.15) is 13.8 Å². The average Bonchev–Trinajstić information content (AvgIpc) is 2.87. The third-order valence-corrected chi connectivity index (χ3v) is 1.48. The molecule has 12 heavy (non-hydrogen) atoms. The van der Waals surface area contributed by atoms with Crippen LogP contribution in [-0.4, -0.2) is 0 Å². The van der Waals surface area contributed by atoms with Gasteiger partial charge in [0.2, 0.25) is 0 Å². The van der Waals surface area contributed by atoms with E-state index in [0.717, 1.165) is 0 Å². The van der Waals surface area contributed by atoms with Crippen LogP contribution in [0.25, 0.3) is 0 Å². The van der Waals surface area contributed by atoms with E-state index in [9.17, 15) is 0 Å². The second kappa shape index (κ2) is 9.98. The average molecular weight is 182 g/mol. The molecule has 2 aromatic rings. The molecule has 2 aromatic heterocycles. The van der Waals surface area contributed by atoms with E-state index in [2.05, 4.69) is 4.42 Å². The molecule has 0 aromatic carbocycles. The third-order valence-electron chi connectivity index (χ3n) is 0.851. The van der Waals surface area contributed by atoms with Gasteiger partial charge in [0.05, 0.1) is 12.5 Å². The summed E-state index contributed by atoms with van der Waals surface area (Å²) in [7, 11) is 0. The van der Waals surface area contributed by atoms with Crippen molar-refractivity contribution >= 4 is 11.3 Å². The first-order valence-electron chi connectivity index (χ1n) is 3.94. The maximum Gasteiger partial charge on any atom is 0.0902 e. The van der Waals surface area contributed by atoms with E-state index in [1.807, 2.05) is 48.9 Å². The zero-order valence-corrected chi connectivity index (χ0v) is 8.25. The molecule has 0 N–H and O–H groups in total. The molecule has 2 heteroatoms. The molecule has 0 aliphatic carbocycles. The number of furan rings is 1. The SMILES string of the molecule is CC.c1ccoc1.c1ccsc1. The van der Waals surface area contributed by atoms with Crippen molar-refractivity contribution in [3.8, 4) is 0 Å². The van der Waals surface area contributed by atoms with Gasteiger partial charge in [-0.15, -0.1) is 0 Å². The van der Waals surface area contributed by atoms with Crippen molar-refractivity contribution in [2.75, 3.05) is 0 Å². The molecule has 0 unspecified atom stereocenters. The van der Waals surface area contributed by atoms with Crippen molar-refractivity contribution in [1.29, 1.82) is 0 Å². The van der Waals surface area contributed by atoms with Gasteiger partial charge in [0, 0.05) is 0 Å². The minimum atomic E-state index is 1.62. The summed E-state index contributed by atoms with van der Waals surface area (Å²) < 4.78 is 4.58. The van der Waals surface area contributed by atoms with Crippen LogP contribution in [-0.2, 0) is 0 Å². The Balaban J connectivity index is 0.000000168. The van der Waals surface area contributed by atoms with Gasteiger partial charge in [-0.1, -0.05) is 26.0 Å². The van der Waals surface area contributed by atoms with Gasteiger partial charge in [-0.25, -0.2) is 0 Å². The maximum atomic E-state index is 4.58. The Hall–Kier alpha value is -1.02. The van der Waals surface area contributed by atoms with E-state index < -0.39 is 0 Å². The highest BCUT2D eigenvalue weighted by Crippen LogP contribution is 1.91. The van der Waals surface area contributed by atoms with Gasteiger partial charge in [0.25, 0.3) is 0 Å². The molecule has 0 aliphatic heterocycles. The van der Waals surface area contributed by atoms with E-state index in [0.29, 0.717) is 0 Å². The Kier molecular flexibility index (Phi) is 9.13. The quantitative estimate of drug-likeness (QED) is 0.599. The van der Waals surface area contributed by atoms with Gasteiger partial charge >= 0.3 is 0 Å². The first-order valence-corrected chi connectivity index (χ1v) is 4.89. The van der Waals surface area contributed by atoms with Crippen molar-refractivity contribution in [3.05, 3.63) is 47.6 Å². The number of rotatable bonds is 0. The minimum absolute atomic E-state index is 1.62. The first kappa shape index (κ1) is 11.0. The van der Waals surface area contributed by atoms with Crippen LogP contribution in [0, 0.1) is 0 Å². The molecule has 1 nitrogen and oxygen atoms in total. The largest absolute Gasteiger partial charge is 0.473 e. The number of hydrogen-bond acceptors (Lipinski definition) is 2. The molecular formula is C10H14OS. The lowest BCUT2D eigenvalue weighted by Crippen LogP contribution is -1.16. The predicted octanol–water partition coefficient (Wildman–Crippen LogP) is 4.05. The zero-order chi connectivity index (χ0) is 9.07. The molecule has 0 saturated carbocycles. The summed E-state index contributed by atoms with van der Waals surface area (Å²) in [6, 6.07) is 7.70. The summed E-state index contributed by atoms with van der Waals surface area (Å²) in [5.74, 6) is 0. The molecule has 0 fully saturated rings. The van der Waals surface area contributed by atoms with Crippen LogP contribution in [0.15, 0.2) is 52.0 Å². The summed E-state index contributed by atoms with van der Waals surface area (Å²) >= 11 is 1.71. The molecule has 0 bridgehead atoms. The van der Waals surface area contributed by atoms with Gasteiger partial charge in [0.15, 0.2) is 0 Å². The molecule has 0 radical (unpaired) electrons. The third kappa shape index (κ3) is 7.09. The predicted molar refractivity (Wildman–Crippen MR) is 54.4 cm³/mol. The first-order chi connectivity index (χ1) is 6.00. The molecular weight excluding hydrogens is 168 g/mol. The molecule has 0 spiro atoms. The minimum Gasteiger partial charge on any atom is -0.473 e. The molecule has 0 atom stereocenters. The Labute approximate surface area is 77.7 Å². The Bertz CT molecular complexity index is 149. The highest BCUT2D eigenvalue weighted by molar-refractivity contribution is 7.07. The highest BCUT2D eigenvalue weighted by atomic mass is 32.1. The van der Waals surface area contributed by atoms with E-state index in [-0.39, 0.29) is 0 Å². The number of thiophene rings is 1. The summed E-state index contributed by atoms with van der Waals surface area (Å²) in [6.45, 7) is 4.00. The van der Waals surface area contributed by atoms with Crippen molar-refractivity contribution in [2.24, 2.45) is 0 Å². The van der Waals surface area contributed by atoms with E-state index in [1.54, 1.807) is 23.9 Å². The fraction of sp³-hybridized carbons (Fsp3) is 0.200. The van der Waals surface area contributed by atoms with E-state index in [1.165, 1.54) is 0 Å². The normalized spacial score (nSPS) is 7.17. The van der Waals surface area contributed by atoms with Crippen molar-refractivity contribution in [3.63, 3.8) is 0 Å². The van der Waals surface area contributed by atoms with Crippen LogP contribution in [0.4, 0.5) is 0 Å². The second-order valence-corrected chi connectivity index (χ2v) is 2.40. The van der Waals surface area contributed by atoms with Gasteiger partial charge in [-0.2, -0.15) is 11.3 Å². The summed E-state index contributed by atoms with van der Waals surface area (Å²) in [5, 5.41) is 4.08. The summed E-state index contributed by atoms with van der Waals surface area (Å²) in [6.07, 6.45) is 3.25. The zero-order valence-electron chi connectivity index (χ0n) is 7.44. The molecule has 2 heterocycles. The second-order valence-electron chi connectivity index (χ2n) is 1.59. The van der Waals surface area contributed by atoms with E-state index >= 15 is 0 Å². The van der Waals surface area contributed by atoms with Crippen molar-refractivity contribution < 1.29 is 4.42 Å². The lowest BCUT2D eigenvalue weighted by molar-refractivity contribution is 0.567. The van der Waals surface area contributed by atoms with Crippen LogP contribution in [0.5, 0.6) is 0 Å². The lowest BCUT2D eigenvalue weighted by atomic mass is 10.7. The van der Waals surface area contributed by atoms with Gasteiger partial charge in [-0.3, -0.25) is 0 Å². The fourth-order valence-electron chi connectivity index (χ4n) is 0.454. The monoisotopic (exact) mass is 182 g/mol. The molecule has 0 amide bonds. The van der Waals surface area contributed by atoms with Gasteiger partial charge < -0.3 is 4.42 Å². The maximum absolute atomic E-state index is 4.58. The van der Waals surface area contributed by atoms with Gasteiger partial charge in [-0.05, 0) is 22.9 Å². The summed E-state index contributed by atoms with van der Waals surface area (Å²) in [5.41, 5.74) is 0. The standard InChI is InChI=1S/C4H4O.C4H4S.C2H6/c2*1-2-4-5-3-1;1-2/h2*1-4H;1-2H3. The smallest absolute Gasteiger partial charge is 0.0902 e. The molecule has 0 aliphatic rings. The van der Waals surface area contributed by atoms with Crippen LogP contribution in [0.3, 0.4) is 0 Å². The fourth-order valence-corrected chi connectivity index (χ4v) is 0.907.